The van der Waals surface area contributed by atoms with E-state index in [-0.39, 0.29) is 5.92 Å². The van der Waals surface area contributed by atoms with Crippen LogP contribution < -0.4 is 11.1 Å². The fraction of sp³-hybridized carbons (Fsp3) is 0.833. The second-order valence-corrected chi connectivity index (χ2v) is 5.95. The van der Waals surface area contributed by atoms with Gasteiger partial charge in [0, 0.05) is 6.54 Å². The molecule has 1 rings (SSSR count). The molecule has 4 N–H and O–H groups in total. The van der Waals surface area contributed by atoms with Crippen LogP contribution in [0.15, 0.2) is 0 Å². The fourth-order valence-electron chi connectivity index (χ4n) is 2.09. The molecule has 1 amide bonds. The van der Waals surface area contributed by atoms with Gasteiger partial charge in [0.05, 0.1) is 0 Å². The number of carbonyl (C=O) groups is 2. The summed E-state index contributed by atoms with van der Waals surface area (Å²) in [5.74, 6) is -0.874. The predicted octanol–water partition coefficient (Wildman–Crippen LogP) is 1.09. The van der Waals surface area contributed by atoms with E-state index in [9.17, 15) is 9.59 Å². The van der Waals surface area contributed by atoms with Gasteiger partial charge in [-0.15, -0.1) is 0 Å². The lowest BCUT2D eigenvalue weighted by Crippen LogP contribution is -2.46. The lowest BCUT2D eigenvalue weighted by molar-refractivity contribution is -0.143. The van der Waals surface area contributed by atoms with E-state index in [4.69, 9.17) is 15.6 Å². The van der Waals surface area contributed by atoms with E-state index in [2.05, 4.69) is 5.32 Å². The Hall–Kier alpha value is -1.30. The largest absolute Gasteiger partial charge is 0.480 e. The number of nitrogens with one attached hydrogen (secondary N) is 1. The van der Waals surface area contributed by atoms with Gasteiger partial charge in [-0.25, -0.2) is 4.79 Å². The topological polar surface area (TPSA) is 102 Å². The number of rotatable bonds is 3. The van der Waals surface area contributed by atoms with E-state index < -0.39 is 23.2 Å². The van der Waals surface area contributed by atoms with Crippen LogP contribution in [0.25, 0.3) is 0 Å². The van der Waals surface area contributed by atoms with E-state index >= 15 is 0 Å². The number of alkyl carbamates (subject to hydrolysis) is 1. The molecule has 1 saturated carbocycles. The van der Waals surface area contributed by atoms with E-state index in [1.807, 2.05) is 0 Å². The first kappa shape index (κ1) is 14.8. The number of aliphatic carboxylic acids is 1. The van der Waals surface area contributed by atoms with Crippen molar-refractivity contribution in [3.05, 3.63) is 0 Å². The molecule has 104 valence electrons. The Bertz CT molecular complexity index is 337. The van der Waals surface area contributed by atoms with Crippen molar-refractivity contribution >= 4 is 12.1 Å². The van der Waals surface area contributed by atoms with Gasteiger partial charge in [-0.3, -0.25) is 4.79 Å². The third-order valence-electron chi connectivity index (χ3n) is 3.01. The average molecular weight is 258 g/mol. The third kappa shape index (κ3) is 4.18. The van der Waals surface area contributed by atoms with Crippen LogP contribution in [0.1, 0.15) is 40.0 Å². The molecule has 0 aliphatic heterocycles. The molecule has 0 saturated heterocycles. The number of carboxylic acid groups (broad SMARTS) is 1. The molecule has 0 bridgehead atoms. The summed E-state index contributed by atoms with van der Waals surface area (Å²) in [6.45, 7) is 5.77. The first-order valence-electron chi connectivity index (χ1n) is 6.11. The fourth-order valence-corrected chi connectivity index (χ4v) is 2.09. The SMILES string of the molecule is CC(C)(C)OC(=O)NC[C@@H]1CC[C@@](N)(C(=O)O)C1. The van der Waals surface area contributed by atoms with Gasteiger partial charge in [-0.1, -0.05) is 0 Å². The summed E-state index contributed by atoms with van der Waals surface area (Å²) in [6, 6.07) is 0. The molecule has 1 aliphatic carbocycles. The van der Waals surface area contributed by atoms with Crippen molar-refractivity contribution in [3.8, 4) is 0 Å². The zero-order valence-corrected chi connectivity index (χ0v) is 11.2. The van der Waals surface area contributed by atoms with Crippen LogP contribution in [-0.2, 0) is 9.53 Å². The molecule has 2 atom stereocenters. The Morgan fingerprint density at radius 3 is 2.56 bits per heavy atom. The summed E-state index contributed by atoms with van der Waals surface area (Å²) in [7, 11) is 0. The van der Waals surface area contributed by atoms with Crippen LogP contribution in [0.5, 0.6) is 0 Å². The first-order chi connectivity index (χ1) is 8.12. The summed E-state index contributed by atoms with van der Waals surface area (Å²) < 4.78 is 5.10. The lowest BCUT2D eigenvalue weighted by atomic mass is 9.98. The molecular formula is C12H22N2O4. The van der Waals surface area contributed by atoms with Gasteiger partial charge in [0.1, 0.15) is 11.1 Å². The van der Waals surface area contributed by atoms with Gasteiger partial charge in [-0.2, -0.15) is 0 Å². The van der Waals surface area contributed by atoms with Gasteiger partial charge >= 0.3 is 12.1 Å². The molecule has 0 radical (unpaired) electrons. The zero-order chi connectivity index (χ0) is 14.0. The number of nitrogens with two attached hydrogens (primary N) is 1. The Balaban J connectivity index is 2.34. The highest BCUT2D eigenvalue weighted by molar-refractivity contribution is 5.78. The minimum absolute atomic E-state index is 0.0959. The van der Waals surface area contributed by atoms with E-state index in [0.29, 0.717) is 25.8 Å². The van der Waals surface area contributed by atoms with Gasteiger partial charge in [0.15, 0.2) is 0 Å². The third-order valence-corrected chi connectivity index (χ3v) is 3.01. The first-order valence-corrected chi connectivity index (χ1v) is 6.11. The number of carboxylic acids is 1. The standard InChI is InChI=1S/C12H22N2O4/c1-11(2,3)18-10(17)14-7-8-4-5-12(13,6-8)9(15)16/h8H,4-7,13H2,1-3H3,(H,14,17)(H,15,16)/t8-,12+/m1/s1. The van der Waals surface area contributed by atoms with Gasteiger partial charge in [0.2, 0.25) is 0 Å². The smallest absolute Gasteiger partial charge is 0.407 e. The van der Waals surface area contributed by atoms with Gasteiger partial charge < -0.3 is 20.9 Å². The molecular weight excluding hydrogens is 236 g/mol. The van der Waals surface area contributed by atoms with Crippen LogP contribution >= 0.6 is 0 Å². The van der Waals surface area contributed by atoms with Gasteiger partial charge in [0.25, 0.3) is 0 Å². The normalized spacial score (nSPS) is 27.9. The summed E-state index contributed by atoms with van der Waals surface area (Å²) in [5, 5.41) is 11.6. The van der Waals surface area contributed by atoms with Crippen molar-refractivity contribution < 1.29 is 19.4 Å². The van der Waals surface area contributed by atoms with Crippen molar-refractivity contribution in [2.24, 2.45) is 11.7 Å². The second-order valence-electron chi connectivity index (χ2n) is 5.95. The molecule has 6 heteroatoms. The Morgan fingerprint density at radius 2 is 2.11 bits per heavy atom. The monoisotopic (exact) mass is 258 g/mol. The van der Waals surface area contributed by atoms with Crippen LogP contribution in [0.3, 0.4) is 0 Å². The van der Waals surface area contributed by atoms with E-state index in [1.54, 1.807) is 20.8 Å². The maximum atomic E-state index is 11.4. The Morgan fingerprint density at radius 1 is 1.50 bits per heavy atom. The highest BCUT2D eigenvalue weighted by atomic mass is 16.6. The average Bonchev–Trinajstić information content (AvgIpc) is 2.56. The molecule has 0 unspecified atom stereocenters. The number of ether oxygens (including phenoxy) is 1. The zero-order valence-electron chi connectivity index (χ0n) is 11.2. The summed E-state index contributed by atoms with van der Waals surface area (Å²) >= 11 is 0. The number of hydrogen-bond acceptors (Lipinski definition) is 4. The lowest BCUT2D eigenvalue weighted by Gasteiger charge is -2.21. The van der Waals surface area contributed by atoms with Crippen LogP contribution in [0, 0.1) is 5.92 Å². The predicted molar refractivity (Wildman–Crippen MR) is 66.1 cm³/mol. The minimum Gasteiger partial charge on any atom is -0.480 e. The summed E-state index contributed by atoms with van der Waals surface area (Å²) in [6.07, 6.45) is 1.06. The van der Waals surface area contributed by atoms with Crippen molar-refractivity contribution in [2.45, 2.75) is 51.2 Å². The van der Waals surface area contributed by atoms with Crippen molar-refractivity contribution in [1.29, 1.82) is 0 Å². The number of amides is 1. The molecule has 0 aromatic rings. The van der Waals surface area contributed by atoms with E-state index in [1.165, 1.54) is 0 Å². The van der Waals surface area contributed by atoms with Crippen molar-refractivity contribution in [2.75, 3.05) is 6.54 Å². The number of hydrogen-bond donors (Lipinski definition) is 3. The van der Waals surface area contributed by atoms with Crippen LogP contribution in [-0.4, -0.2) is 34.9 Å². The molecule has 0 heterocycles. The van der Waals surface area contributed by atoms with Crippen molar-refractivity contribution in [3.63, 3.8) is 0 Å². The van der Waals surface area contributed by atoms with Gasteiger partial charge in [-0.05, 0) is 46.0 Å². The summed E-state index contributed by atoms with van der Waals surface area (Å²) in [5.41, 5.74) is 4.09. The minimum atomic E-state index is -1.14. The second kappa shape index (κ2) is 5.14. The molecule has 1 aliphatic rings. The molecule has 6 nitrogen and oxygen atoms in total. The maximum Gasteiger partial charge on any atom is 0.407 e. The van der Waals surface area contributed by atoms with Crippen LogP contribution in [0.4, 0.5) is 4.79 Å². The Kier molecular flexibility index (Phi) is 4.21. The van der Waals surface area contributed by atoms with Crippen LogP contribution in [0.2, 0.25) is 0 Å². The van der Waals surface area contributed by atoms with Crippen molar-refractivity contribution in [1.82, 2.24) is 5.32 Å². The number of carbonyl (C=O) groups excluding carboxylic acids is 1. The highest BCUT2D eigenvalue weighted by Gasteiger charge is 2.42. The molecule has 0 aromatic heterocycles. The molecule has 0 spiro atoms. The molecule has 0 aromatic carbocycles. The molecule has 18 heavy (non-hydrogen) atoms. The maximum absolute atomic E-state index is 11.4. The van der Waals surface area contributed by atoms with E-state index in [0.717, 1.165) is 0 Å². The Labute approximate surface area is 107 Å². The quantitative estimate of drug-likeness (QED) is 0.703. The highest BCUT2D eigenvalue weighted by Crippen LogP contribution is 2.32. The summed E-state index contributed by atoms with van der Waals surface area (Å²) in [4.78, 5) is 22.4. The molecule has 1 fully saturated rings.